The van der Waals surface area contributed by atoms with Crippen LogP contribution in [0.5, 0.6) is 0 Å². The van der Waals surface area contributed by atoms with E-state index in [0.717, 1.165) is 69.7 Å². The Morgan fingerprint density at radius 1 is 1.19 bits per heavy atom. The molecule has 2 aromatic rings. The minimum Gasteiger partial charge on any atom is -0.469 e. The molecule has 2 heterocycles. The van der Waals surface area contributed by atoms with Crippen LogP contribution in [0.25, 0.3) is 0 Å². The first-order valence-electron chi connectivity index (χ1n) is 9.55. The lowest BCUT2D eigenvalue weighted by molar-refractivity contribution is 0.123. The quantitative estimate of drug-likeness (QED) is 0.339. The summed E-state index contributed by atoms with van der Waals surface area (Å²) < 4.78 is 11.1. The average Bonchev–Trinajstić information content (AvgIpc) is 3.10. The second kappa shape index (κ2) is 11.0. The summed E-state index contributed by atoms with van der Waals surface area (Å²) in [6.45, 7) is 4.19. The van der Waals surface area contributed by atoms with Gasteiger partial charge >= 0.3 is 0 Å². The molecular weight excluding hydrogens is 346 g/mol. The average molecular weight is 376 g/mol. The zero-order valence-corrected chi connectivity index (χ0v) is 16.1. The van der Waals surface area contributed by atoms with Gasteiger partial charge in [-0.05, 0) is 55.2 Å². The summed E-state index contributed by atoms with van der Waals surface area (Å²) >= 11 is 1.80. The van der Waals surface area contributed by atoms with Crippen molar-refractivity contribution in [2.75, 3.05) is 32.8 Å². The van der Waals surface area contributed by atoms with Crippen LogP contribution in [0.1, 0.15) is 29.9 Å². The molecule has 0 radical (unpaired) electrons. The molecule has 0 unspecified atom stereocenters. The third-order valence-corrected chi connectivity index (χ3v) is 5.19. The Labute approximate surface area is 159 Å². The van der Waals surface area contributed by atoms with Gasteiger partial charge in [-0.3, -0.25) is 4.99 Å². The molecule has 1 saturated carbocycles. The van der Waals surface area contributed by atoms with Crippen molar-refractivity contribution in [2.24, 2.45) is 10.9 Å². The highest BCUT2D eigenvalue weighted by molar-refractivity contribution is 7.09. The standard InChI is InChI=1S/C20H29N3O2S/c1-4-18(25-14-1)8-11-22-20(23-12-9-19-5-2-15-26-19)21-10-3-13-24-16-17-6-7-17/h1-2,4-5,14-15,17H,3,6-13,16H2,(H2,21,22,23). The number of hydrogen-bond acceptors (Lipinski definition) is 4. The van der Waals surface area contributed by atoms with Gasteiger partial charge in [0.1, 0.15) is 5.76 Å². The van der Waals surface area contributed by atoms with Gasteiger partial charge in [0.05, 0.1) is 6.26 Å². The van der Waals surface area contributed by atoms with Crippen molar-refractivity contribution < 1.29 is 9.15 Å². The van der Waals surface area contributed by atoms with E-state index in [9.17, 15) is 0 Å². The lowest BCUT2D eigenvalue weighted by atomic mass is 10.3. The molecule has 6 heteroatoms. The molecule has 26 heavy (non-hydrogen) atoms. The van der Waals surface area contributed by atoms with Gasteiger partial charge in [0.15, 0.2) is 5.96 Å². The van der Waals surface area contributed by atoms with Crippen LogP contribution in [0.15, 0.2) is 45.3 Å². The lowest BCUT2D eigenvalue weighted by Gasteiger charge is -2.12. The normalized spacial score (nSPS) is 14.5. The van der Waals surface area contributed by atoms with Gasteiger partial charge in [0.25, 0.3) is 0 Å². The Bertz CT molecular complexity index is 579. The first-order valence-corrected chi connectivity index (χ1v) is 10.4. The molecule has 0 bridgehead atoms. The number of aliphatic imine (C=N–C) groups is 1. The summed E-state index contributed by atoms with van der Waals surface area (Å²) in [6.07, 6.45) is 7.23. The molecule has 2 aromatic heterocycles. The molecule has 0 aromatic carbocycles. The minimum atomic E-state index is 0.778. The first-order chi connectivity index (χ1) is 12.9. The van der Waals surface area contributed by atoms with Gasteiger partial charge in [0.2, 0.25) is 0 Å². The van der Waals surface area contributed by atoms with E-state index in [-0.39, 0.29) is 0 Å². The highest BCUT2D eigenvalue weighted by Crippen LogP contribution is 2.28. The van der Waals surface area contributed by atoms with E-state index in [1.807, 2.05) is 12.1 Å². The molecule has 0 atom stereocenters. The Morgan fingerprint density at radius 2 is 2.08 bits per heavy atom. The highest BCUT2D eigenvalue weighted by Gasteiger charge is 2.20. The van der Waals surface area contributed by atoms with Crippen LogP contribution in [-0.2, 0) is 17.6 Å². The van der Waals surface area contributed by atoms with E-state index in [4.69, 9.17) is 9.15 Å². The van der Waals surface area contributed by atoms with Gasteiger partial charge in [0, 0.05) is 44.1 Å². The summed E-state index contributed by atoms with van der Waals surface area (Å²) in [5.74, 6) is 2.69. The zero-order valence-electron chi connectivity index (χ0n) is 15.3. The van der Waals surface area contributed by atoms with Crippen LogP contribution in [0.2, 0.25) is 0 Å². The fourth-order valence-corrected chi connectivity index (χ4v) is 3.29. The third kappa shape index (κ3) is 7.62. The zero-order chi connectivity index (χ0) is 17.9. The van der Waals surface area contributed by atoms with Gasteiger partial charge in [-0.1, -0.05) is 6.07 Å². The summed E-state index contributed by atoms with van der Waals surface area (Å²) in [5.41, 5.74) is 0. The van der Waals surface area contributed by atoms with E-state index in [1.165, 1.54) is 17.7 Å². The third-order valence-electron chi connectivity index (χ3n) is 4.26. The smallest absolute Gasteiger partial charge is 0.191 e. The molecular formula is C20H29N3O2S. The van der Waals surface area contributed by atoms with Crippen LogP contribution in [0.4, 0.5) is 0 Å². The number of furan rings is 1. The Hall–Kier alpha value is -1.79. The molecule has 0 aliphatic heterocycles. The van der Waals surface area contributed by atoms with Crippen molar-refractivity contribution in [3.63, 3.8) is 0 Å². The van der Waals surface area contributed by atoms with Crippen molar-refractivity contribution in [1.29, 1.82) is 0 Å². The van der Waals surface area contributed by atoms with Gasteiger partial charge in [-0.15, -0.1) is 11.3 Å². The van der Waals surface area contributed by atoms with E-state index >= 15 is 0 Å². The molecule has 3 rings (SSSR count). The maximum Gasteiger partial charge on any atom is 0.191 e. The second-order valence-electron chi connectivity index (χ2n) is 6.61. The highest BCUT2D eigenvalue weighted by atomic mass is 32.1. The van der Waals surface area contributed by atoms with Crippen LogP contribution >= 0.6 is 11.3 Å². The molecule has 1 fully saturated rings. The van der Waals surface area contributed by atoms with Crippen LogP contribution < -0.4 is 10.6 Å². The summed E-state index contributed by atoms with van der Waals surface area (Å²) in [7, 11) is 0. The van der Waals surface area contributed by atoms with Gasteiger partial charge in [-0.25, -0.2) is 0 Å². The molecule has 0 spiro atoms. The van der Waals surface area contributed by atoms with Crippen molar-refractivity contribution in [3.05, 3.63) is 46.5 Å². The summed E-state index contributed by atoms with van der Waals surface area (Å²) in [5, 5.41) is 8.95. The molecule has 2 N–H and O–H groups in total. The topological polar surface area (TPSA) is 58.8 Å². The Kier molecular flexibility index (Phi) is 8.06. The monoisotopic (exact) mass is 375 g/mol. The predicted molar refractivity (Wildman–Crippen MR) is 107 cm³/mol. The molecule has 1 aliphatic carbocycles. The summed E-state index contributed by atoms with van der Waals surface area (Å²) in [4.78, 5) is 6.07. The number of guanidine groups is 1. The largest absolute Gasteiger partial charge is 0.469 e. The molecule has 5 nitrogen and oxygen atoms in total. The van der Waals surface area contributed by atoms with Crippen LogP contribution in [0, 0.1) is 5.92 Å². The second-order valence-corrected chi connectivity index (χ2v) is 7.65. The predicted octanol–water partition coefficient (Wildman–Crippen LogP) is 3.48. The Balaban J connectivity index is 1.35. The molecule has 0 saturated heterocycles. The SMILES string of the molecule is c1coc(CCNC(=NCCCOCC2CC2)NCCc2cccs2)c1. The van der Waals surface area contributed by atoms with Gasteiger partial charge in [-0.2, -0.15) is 0 Å². The van der Waals surface area contributed by atoms with E-state index < -0.39 is 0 Å². The lowest BCUT2D eigenvalue weighted by Crippen LogP contribution is -2.39. The van der Waals surface area contributed by atoms with E-state index in [2.05, 4.69) is 33.1 Å². The fourth-order valence-electron chi connectivity index (χ4n) is 2.58. The van der Waals surface area contributed by atoms with Crippen LogP contribution in [0.3, 0.4) is 0 Å². The number of hydrogen-bond donors (Lipinski definition) is 2. The molecule has 1 aliphatic rings. The summed E-state index contributed by atoms with van der Waals surface area (Å²) in [6, 6.07) is 8.19. The fraction of sp³-hybridized carbons (Fsp3) is 0.550. The van der Waals surface area contributed by atoms with Crippen molar-refractivity contribution in [1.82, 2.24) is 10.6 Å². The van der Waals surface area contributed by atoms with E-state index in [1.54, 1.807) is 17.6 Å². The number of nitrogens with one attached hydrogen (secondary N) is 2. The first kappa shape index (κ1) is 19.0. The van der Waals surface area contributed by atoms with Crippen molar-refractivity contribution in [2.45, 2.75) is 32.1 Å². The minimum absolute atomic E-state index is 0.778. The number of thiophene rings is 1. The number of nitrogens with zero attached hydrogens (tertiary/aromatic N) is 1. The van der Waals surface area contributed by atoms with Crippen LogP contribution in [-0.4, -0.2) is 38.8 Å². The number of ether oxygens (including phenoxy) is 1. The van der Waals surface area contributed by atoms with Gasteiger partial charge < -0.3 is 19.8 Å². The maximum absolute atomic E-state index is 5.68. The Morgan fingerprint density at radius 3 is 2.81 bits per heavy atom. The maximum atomic E-state index is 5.68. The van der Waals surface area contributed by atoms with E-state index in [0.29, 0.717) is 0 Å². The van der Waals surface area contributed by atoms with Crippen molar-refractivity contribution >= 4 is 17.3 Å². The number of rotatable bonds is 12. The molecule has 0 amide bonds. The van der Waals surface area contributed by atoms with Crippen molar-refractivity contribution in [3.8, 4) is 0 Å². The molecule has 142 valence electrons.